The molecule has 0 spiro atoms. The molecule has 4 heteroatoms. The van der Waals surface area contributed by atoms with Crippen LogP contribution in [-0.2, 0) is 9.47 Å². The molecule has 0 N–H and O–H groups in total. The van der Waals surface area contributed by atoms with E-state index in [2.05, 4.69) is 33.5 Å². The minimum absolute atomic E-state index is 0.0863. The Balaban J connectivity index is 3.03. The molecule has 0 aliphatic carbocycles. The lowest BCUT2D eigenvalue weighted by Crippen LogP contribution is -2.11. The predicted octanol–water partition coefficient (Wildman–Crippen LogP) is 1.96. The average Bonchev–Trinajstić information content (AvgIpc) is 2.42. The Morgan fingerprint density at radius 3 is 1.61 bits per heavy atom. The van der Waals surface area contributed by atoms with Gasteiger partial charge in [-0.25, -0.2) is 9.59 Å². The Labute approximate surface area is 105 Å². The molecule has 0 aliphatic heterocycles. The van der Waals surface area contributed by atoms with E-state index in [1.807, 2.05) is 0 Å². The van der Waals surface area contributed by atoms with E-state index in [9.17, 15) is 9.59 Å². The number of carbonyl (C=O) groups is 2. The van der Waals surface area contributed by atoms with Crippen molar-refractivity contribution in [2.24, 2.45) is 0 Å². The molecule has 0 aromatic heterocycles. The van der Waals surface area contributed by atoms with Gasteiger partial charge in [-0.1, -0.05) is 24.0 Å². The first-order valence-corrected chi connectivity index (χ1v) is 5.05. The van der Waals surface area contributed by atoms with Crippen LogP contribution in [-0.4, -0.2) is 11.9 Å². The highest BCUT2D eigenvalue weighted by molar-refractivity contribution is 6.03. The molecule has 4 nitrogen and oxygen atoms in total. The third kappa shape index (κ3) is 3.40. The van der Waals surface area contributed by atoms with Crippen molar-refractivity contribution >= 4 is 11.9 Å². The summed E-state index contributed by atoms with van der Waals surface area (Å²) in [4.78, 5) is 23.3. The van der Waals surface area contributed by atoms with E-state index in [4.69, 9.17) is 0 Å². The molecule has 0 saturated carbocycles. The maximum absolute atomic E-state index is 11.6. The molecule has 0 bridgehead atoms. The van der Waals surface area contributed by atoms with Gasteiger partial charge in [0.25, 0.3) is 0 Å². The summed E-state index contributed by atoms with van der Waals surface area (Å²) < 4.78 is 9.26. The molecule has 90 valence electrons. The standard InChI is InChI=1S/C14H10O4/c1-3-9-17-13(15)11-7-5-6-8-12(11)14(16)18-10-4-2/h5-8H,1-2H3. The Morgan fingerprint density at radius 2 is 1.28 bits per heavy atom. The molecule has 0 amide bonds. The van der Waals surface area contributed by atoms with E-state index >= 15 is 0 Å². The number of benzene rings is 1. The summed E-state index contributed by atoms with van der Waals surface area (Å²) in [6, 6.07) is 6.13. The van der Waals surface area contributed by atoms with Crippen molar-refractivity contribution in [2.45, 2.75) is 13.8 Å². The molecule has 0 aliphatic rings. The molecule has 0 fully saturated rings. The number of ether oxygens (including phenoxy) is 2. The minimum atomic E-state index is -0.707. The van der Waals surface area contributed by atoms with E-state index in [0.29, 0.717) is 0 Å². The lowest BCUT2D eigenvalue weighted by atomic mass is 10.1. The zero-order valence-corrected chi connectivity index (χ0v) is 9.94. The van der Waals surface area contributed by atoms with Crippen LogP contribution in [0.1, 0.15) is 34.6 Å². The van der Waals surface area contributed by atoms with Crippen molar-refractivity contribution in [3.8, 4) is 24.1 Å². The van der Waals surface area contributed by atoms with Crippen molar-refractivity contribution in [2.75, 3.05) is 0 Å². The Morgan fingerprint density at radius 1 is 0.889 bits per heavy atom. The Hall–Kier alpha value is -2.72. The van der Waals surface area contributed by atoms with Crippen molar-refractivity contribution in [3.63, 3.8) is 0 Å². The van der Waals surface area contributed by atoms with E-state index < -0.39 is 11.9 Å². The van der Waals surface area contributed by atoms with E-state index in [0.717, 1.165) is 0 Å². The number of hydrogen-bond donors (Lipinski definition) is 0. The van der Waals surface area contributed by atoms with Crippen LogP contribution in [0.3, 0.4) is 0 Å². The van der Waals surface area contributed by atoms with Crippen LogP contribution in [0.4, 0.5) is 0 Å². The van der Waals surface area contributed by atoms with E-state index in [1.54, 1.807) is 12.1 Å². The zero-order valence-electron chi connectivity index (χ0n) is 9.94. The topological polar surface area (TPSA) is 52.6 Å². The molecule has 0 radical (unpaired) electrons. The monoisotopic (exact) mass is 242 g/mol. The Kier molecular flexibility index (Phi) is 5.02. The summed E-state index contributed by atoms with van der Waals surface area (Å²) in [6.07, 6.45) is 4.35. The molecule has 0 unspecified atom stereocenters. The molecule has 1 aromatic carbocycles. The normalized spacial score (nSPS) is 8.11. The van der Waals surface area contributed by atoms with Crippen molar-refractivity contribution < 1.29 is 19.1 Å². The number of esters is 2. The van der Waals surface area contributed by atoms with Gasteiger partial charge in [-0.2, -0.15) is 0 Å². The van der Waals surface area contributed by atoms with Gasteiger partial charge in [-0.3, -0.25) is 0 Å². The molecule has 18 heavy (non-hydrogen) atoms. The van der Waals surface area contributed by atoms with Gasteiger partial charge in [0.05, 0.1) is 11.1 Å². The molecule has 1 aromatic rings. The highest BCUT2D eigenvalue weighted by atomic mass is 16.5. The fraction of sp³-hybridized carbons (Fsp3) is 0.143. The maximum atomic E-state index is 11.6. The van der Waals surface area contributed by atoms with Gasteiger partial charge >= 0.3 is 11.9 Å². The summed E-state index contributed by atoms with van der Waals surface area (Å²) in [6.45, 7) is 3.06. The zero-order chi connectivity index (χ0) is 13.4. The van der Waals surface area contributed by atoms with E-state index in [-0.39, 0.29) is 11.1 Å². The molecule has 1 rings (SSSR count). The third-order valence-electron chi connectivity index (χ3n) is 1.86. The molecule has 0 atom stereocenters. The summed E-state index contributed by atoms with van der Waals surface area (Å²) in [5.74, 6) is 3.43. The second-order valence-electron chi connectivity index (χ2n) is 3.03. The van der Waals surface area contributed by atoms with E-state index in [1.165, 1.54) is 26.0 Å². The summed E-state index contributed by atoms with van der Waals surface area (Å²) in [5, 5.41) is 0. The highest BCUT2D eigenvalue weighted by Gasteiger charge is 2.18. The largest absolute Gasteiger partial charge is 0.369 e. The van der Waals surface area contributed by atoms with Gasteiger partial charge in [0.2, 0.25) is 0 Å². The lowest BCUT2D eigenvalue weighted by Gasteiger charge is -2.03. The van der Waals surface area contributed by atoms with Gasteiger partial charge < -0.3 is 9.47 Å². The number of hydrogen-bond acceptors (Lipinski definition) is 4. The molecular weight excluding hydrogens is 232 g/mol. The molecule has 0 saturated heterocycles. The number of carbonyl (C=O) groups excluding carboxylic acids is 2. The fourth-order valence-electron chi connectivity index (χ4n) is 1.14. The van der Waals surface area contributed by atoms with Gasteiger partial charge in [-0.15, -0.1) is 0 Å². The van der Waals surface area contributed by atoms with Crippen LogP contribution in [0.2, 0.25) is 0 Å². The van der Waals surface area contributed by atoms with Crippen LogP contribution in [0.5, 0.6) is 0 Å². The summed E-state index contributed by atoms with van der Waals surface area (Å²) in [7, 11) is 0. The Bertz CT molecular complexity index is 526. The van der Waals surface area contributed by atoms with Crippen LogP contribution < -0.4 is 0 Å². The van der Waals surface area contributed by atoms with Gasteiger partial charge in [-0.05, 0) is 12.1 Å². The fourth-order valence-corrected chi connectivity index (χ4v) is 1.14. The summed E-state index contributed by atoms with van der Waals surface area (Å²) >= 11 is 0. The second-order valence-corrected chi connectivity index (χ2v) is 3.03. The first kappa shape index (κ1) is 13.3. The molecular formula is C14H10O4. The first-order chi connectivity index (χ1) is 8.70. The summed E-state index contributed by atoms with van der Waals surface area (Å²) in [5.41, 5.74) is 0.173. The van der Waals surface area contributed by atoms with Gasteiger partial charge in [0.15, 0.2) is 0 Å². The van der Waals surface area contributed by atoms with Gasteiger partial charge in [0.1, 0.15) is 12.2 Å². The minimum Gasteiger partial charge on any atom is -0.369 e. The van der Waals surface area contributed by atoms with Gasteiger partial charge in [0, 0.05) is 13.8 Å². The highest BCUT2D eigenvalue weighted by Crippen LogP contribution is 2.11. The smallest absolute Gasteiger partial charge is 0.352 e. The van der Waals surface area contributed by atoms with Crippen LogP contribution in [0.15, 0.2) is 24.3 Å². The van der Waals surface area contributed by atoms with Crippen LogP contribution in [0, 0.1) is 24.1 Å². The second kappa shape index (κ2) is 6.78. The first-order valence-electron chi connectivity index (χ1n) is 5.05. The van der Waals surface area contributed by atoms with Crippen LogP contribution in [0.25, 0.3) is 0 Å². The third-order valence-corrected chi connectivity index (χ3v) is 1.86. The quantitative estimate of drug-likeness (QED) is 0.587. The SMILES string of the molecule is CC#COC(=O)c1ccccc1C(=O)OC#CC. The van der Waals surface area contributed by atoms with Crippen molar-refractivity contribution in [1.82, 2.24) is 0 Å². The lowest BCUT2D eigenvalue weighted by molar-refractivity contribution is 0.0646. The van der Waals surface area contributed by atoms with Crippen molar-refractivity contribution in [3.05, 3.63) is 35.4 Å². The van der Waals surface area contributed by atoms with Crippen molar-refractivity contribution in [1.29, 1.82) is 0 Å². The van der Waals surface area contributed by atoms with Crippen LogP contribution >= 0.6 is 0 Å². The molecule has 0 heterocycles. The predicted molar refractivity (Wildman–Crippen MR) is 64.2 cm³/mol. The maximum Gasteiger partial charge on any atom is 0.352 e. The average molecular weight is 242 g/mol. The number of rotatable bonds is 2.